The molecule has 0 amide bonds. The molecular formula is C18H27Cl2N3. The summed E-state index contributed by atoms with van der Waals surface area (Å²) in [5.41, 5.74) is 3.40. The monoisotopic (exact) mass is 355 g/mol. The molecule has 5 heteroatoms. The molecule has 23 heavy (non-hydrogen) atoms. The van der Waals surface area contributed by atoms with Gasteiger partial charge in [0.15, 0.2) is 0 Å². The number of hydrogen-bond donors (Lipinski definition) is 1. The summed E-state index contributed by atoms with van der Waals surface area (Å²) in [6, 6.07) is 11.1. The fourth-order valence-corrected chi connectivity index (χ4v) is 4.25. The number of para-hydroxylation sites is 1. The molecule has 1 N–H and O–H groups in total. The maximum Gasteiger partial charge on any atom is 0.0480 e. The van der Waals surface area contributed by atoms with Gasteiger partial charge in [0.1, 0.15) is 0 Å². The molecule has 0 aliphatic carbocycles. The standard InChI is InChI=1S/C18H25N3.2ClH/c1-20-16(12-15-4-2-3-5-17(15)20)13-21-11-8-18(14-21)6-9-19-10-7-18;;/h2-5,12,19H,6-11,13-14H2,1H3;2*1H. The van der Waals surface area contributed by atoms with Gasteiger partial charge in [-0.15, -0.1) is 24.8 Å². The zero-order chi connectivity index (χ0) is 14.3. The molecule has 2 aliphatic heterocycles. The van der Waals surface area contributed by atoms with Gasteiger partial charge in [0.25, 0.3) is 0 Å². The lowest BCUT2D eigenvalue weighted by Crippen LogP contribution is -2.38. The van der Waals surface area contributed by atoms with E-state index in [1.165, 1.54) is 62.0 Å². The number of halogens is 2. The molecule has 4 rings (SSSR count). The molecule has 2 fully saturated rings. The molecule has 0 radical (unpaired) electrons. The summed E-state index contributed by atoms with van der Waals surface area (Å²) in [6.07, 6.45) is 4.11. The lowest BCUT2D eigenvalue weighted by Gasteiger charge is -2.33. The number of hydrogen-bond acceptors (Lipinski definition) is 2. The Balaban J connectivity index is 0.000000960. The zero-order valence-corrected chi connectivity index (χ0v) is 15.4. The Morgan fingerprint density at radius 2 is 1.83 bits per heavy atom. The Hall–Kier alpha value is -0.740. The van der Waals surface area contributed by atoms with Gasteiger partial charge in [0.2, 0.25) is 0 Å². The van der Waals surface area contributed by atoms with Crippen molar-refractivity contribution in [2.24, 2.45) is 12.5 Å². The predicted octanol–water partition coefficient (Wildman–Crippen LogP) is 3.60. The van der Waals surface area contributed by atoms with E-state index in [0.29, 0.717) is 5.41 Å². The fraction of sp³-hybridized carbons (Fsp3) is 0.556. The van der Waals surface area contributed by atoms with Crippen LogP contribution in [0.4, 0.5) is 0 Å². The molecule has 0 atom stereocenters. The number of piperidine rings is 1. The van der Waals surface area contributed by atoms with E-state index in [-0.39, 0.29) is 24.8 Å². The van der Waals surface area contributed by atoms with E-state index in [4.69, 9.17) is 0 Å². The summed E-state index contributed by atoms with van der Waals surface area (Å²) in [6.45, 7) is 6.07. The van der Waals surface area contributed by atoms with Crippen LogP contribution in [0.25, 0.3) is 10.9 Å². The lowest BCUT2D eigenvalue weighted by molar-refractivity contribution is 0.193. The molecule has 2 saturated heterocycles. The van der Waals surface area contributed by atoms with Crippen molar-refractivity contribution >= 4 is 35.7 Å². The fourth-order valence-electron chi connectivity index (χ4n) is 4.25. The third-order valence-electron chi connectivity index (χ3n) is 5.62. The van der Waals surface area contributed by atoms with Crippen molar-refractivity contribution in [1.29, 1.82) is 0 Å². The number of rotatable bonds is 2. The number of aryl methyl sites for hydroxylation is 1. The molecule has 1 spiro atoms. The van der Waals surface area contributed by atoms with Crippen molar-refractivity contribution in [2.45, 2.75) is 25.8 Å². The van der Waals surface area contributed by atoms with Crippen molar-refractivity contribution in [1.82, 2.24) is 14.8 Å². The molecule has 1 aromatic heterocycles. The minimum Gasteiger partial charge on any atom is -0.346 e. The van der Waals surface area contributed by atoms with Crippen LogP contribution >= 0.6 is 24.8 Å². The normalized spacial score (nSPS) is 20.4. The van der Waals surface area contributed by atoms with Gasteiger partial charge in [0.05, 0.1) is 0 Å². The summed E-state index contributed by atoms with van der Waals surface area (Å²) in [4.78, 5) is 2.67. The van der Waals surface area contributed by atoms with E-state index in [9.17, 15) is 0 Å². The first-order chi connectivity index (χ1) is 10.3. The first-order valence-corrected chi connectivity index (χ1v) is 8.22. The zero-order valence-electron chi connectivity index (χ0n) is 13.8. The van der Waals surface area contributed by atoms with Crippen molar-refractivity contribution in [3.63, 3.8) is 0 Å². The number of benzene rings is 1. The van der Waals surface area contributed by atoms with Crippen molar-refractivity contribution < 1.29 is 0 Å². The van der Waals surface area contributed by atoms with Gasteiger partial charge in [0, 0.05) is 31.3 Å². The number of nitrogens with one attached hydrogen (secondary N) is 1. The third kappa shape index (κ3) is 3.53. The van der Waals surface area contributed by atoms with E-state index >= 15 is 0 Å². The highest BCUT2D eigenvalue weighted by atomic mass is 35.5. The van der Waals surface area contributed by atoms with Gasteiger partial charge in [-0.3, -0.25) is 4.90 Å². The van der Waals surface area contributed by atoms with E-state index in [1.54, 1.807) is 0 Å². The SMILES string of the molecule is Cl.Cl.Cn1c(CN2CCC3(CCNCC3)C2)cc2ccccc21. The van der Waals surface area contributed by atoms with Crippen molar-refractivity contribution in [3.8, 4) is 0 Å². The minimum atomic E-state index is 0. The topological polar surface area (TPSA) is 20.2 Å². The molecule has 128 valence electrons. The first-order valence-electron chi connectivity index (χ1n) is 8.22. The summed E-state index contributed by atoms with van der Waals surface area (Å²) in [5.74, 6) is 0. The number of fused-ring (bicyclic) bond motifs is 1. The molecular weight excluding hydrogens is 329 g/mol. The maximum atomic E-state index is 3.50. The van der Waals surface area contributed by atoms with Crippen molar-refractivity contribution in [3.05, 3.63) is 36.0 Å². The summed E-state index contributed by atoms with van der Waals surface area (Å²) >= 11 is 0. The second kappa shape index (κ2) is 7.43. The van der Waals surface area contributed by atoms with Crippen LogP contribution in [0.2, 0.25) is 0 Å². The van der Waals surface area contributed by atoms with Crippen LogP contribution in [0.3, 0.4) is 0 Å². The van der Waals surface area contributed by atoms with E-state index in [1.807, 2.05) is 0 Å². The predicted molar refractivity (Wildman–Crippen MR) is 102 cm³/mol. The summed E-state index contributed by atoms with van der Waals surface area (Å²) in [7, 11) is 2.20. The molecule has 2 aromatic rings. The second-order valence-electron chi connectivity index (χ2n) is 6.96. The first kappa shape index (κ1) is 18.6. The quantitative estimate of drug-likeness (QED) is 0.887. The highest BCUT2D eigenvalue weighted by molar-refractivity contribution is 5.85. The van der Waals surface area contributed by atoms with Crippen LogP contribution in [-0.4, -0.2) is 35.6 Å². The van der Waals surface area contributed by atoms with Crippen LogP contribution in [-0.2, 0) is 13.6 Å². The van der Waals surface area contributed by atoms with E-state index < -0.39 is 0 Å². The van der Waals surface area contributed by atoms with E-state index in [0.717, 1.165) is 6.54 Å². The maximum absolute atomic E-state index is 3.50. The molecule has 0 unspecified atom stereocenters. The Morgan fingerprint density at radius 3 is 2.57 bits per heavy atom. The summed E-state index contributed by atoms with van der Waals surface area (Å²) in [5, 5.41) is 4.87. The van der Waals surface area contributed by atoms with Crippen LogP contribution in [0, 0.1) is 5.41 Å². The van der Waals surface area contributed by atoms with Gasteiger partial charge in [-0.1, -0.05) is 18.2 Å². The van der Waals surface area contributed by atoms with Gasteiger partial charge in [-0.05, 0) is 61.8 Å². The highest BCUT2D eigenvalue weighted by Gasteiger charge is 2.38. The highest BCUT2D eigenvalue weighted by Crippen LogP contribution is 2.39. The molecule has 0 bridgehead atoms. The van der Waals surface area contributed by atoms with Crippen LogP contribution in [0.1, 0.15) is 25.0 Å². The second-order valence-corrected chi connectivity index (χ2v) is 6.96. The summed E-state index contributed by atoms with van der Waals surface area (Å²) < 4.78 is 2.36. The van der Waals surface area contributed by atoms with Crippen LogP contribution in [0.5, 0.6) is 0 Å². The van der Waals surface area contributed by atoms with Gasteiger partial charge in [-0.25, -0.2) is 0 Å². The lowest BCUT2D eigenvalue weighted by atomic mass is 9.78. The van der Waals surface area contributed by atoms with Crippen LogP contribution < -0.4 is 5.32 Å². The molecule has 2 aliphatic rings. The molecule has 3 nitrogen and oxygen atoms in total. The third-order valence-corrected chi connectivity index (χ3v) is 5.62. The minimum absolute atomic E-state index is 0. The average Bonchev–Trinajstić information content (AvgIpc) is 3.03. The van der Waals surface area contributed by atoms with Gasteiger partial charge in [-0.2, -0.15) is 0 Å². The Morgan fingerprint density at radius 1 is 1.09 bits per heavy atom. The van der Waals surface area contributed by atoms with Gasteiger partial charge >= 0.3 is 0 Å². The average molecular weight is 356 g/mol. The smallest absolute Gasteiger partial charge is 0.0480 e. The Kier molecular flexibility index (Phi) is 6.01. The van der Waals surface area contributed by atoms with Gasteiger partial charge < -0.3 is 9.88 Å². The molecule has 3 heterocycles. The van der Waals surface area contributed by atoms with E-state index in [2.05, 4.69) is 52.2 Å². The number of aromatic nitrogens is 1. The molecule has 1 aromatic carbocycles. The van der Waals surface area contributed by atoms with Crippen LogP contribution in [0.15, 0.2) is 30.3 Å². The Bertz CT molecular complexity index is 647. The number of nitrogens with zero attached hydrogens (tertiary/aromatic N) is 2. The molecule has 0 saturated carbocycles. The number of likely N-dealkylation sites (tertiary alicyclic amines) is 1. The largest absolute Gasteiger partial charge is 0.346 e. The van der Waals surface area contributed by atoms with Crippen molar-refractivity contribution in [2.75, 3.05) is 26.2 Å². The Labute approximate surface area is 151 Å².